The molecule has 6 nitrogen and oxygen atoms in total. The first-order chi connectivity index (χ1) is 15.3. The van der Waals surface area contributed by atoms with Crippen molar-refractivity contribution in [1.82, 2.24) is 9.55 Å². The van der Waals surface area contributed by atoms with Crippen molar-refractivity contribution in [2.45, 2.75) is 67.2 Å². The lowest BCUT2D eigenvalue weighted by atomic mass is 10.1. The maximum absolute atomic E-state index is 13.0. The van der Waals surface area contributed by atoms with E-state index in [2.05, 4.69) is 21.9 Å². The molecule has 1 atom stereocenters. The van der Waals surface area contributed by atoms with E-state index in [0.29, 0.717) is 10.9 Å². The van der Waals surface area contributed by atoms with E-state index < -0.39 is 15.7 Å². The average molecular weight is 490 g/mol. The van der Waals surface area contributed by atoms with E-state index in [1.54, 1.807) is 51.9 Å². The first kappa shape index (κ1) is 23.1. The summed E-state index contributed by atoms with van der Waals surface area (Å²) in [5.74, 6) is 0.100. The third kappa shape index (κ3) is 4.79. The second-order valence-corrected chi connectivity index (χ2v) is 12.6. The minimum Gasteiger partial charge on any atom is -0.261 e. The van der Waals surface area contributed by atoms with Crippen LogP contribution in [0.1, 0.15) is 48.2 Å². The van der Waals surface area contributed by atoms with Crippen LogP contribution in [0.4, 0.5) is 5.82 Å². The fourth-order valence-corrected chi connectivity index (χ4v) is 7.69. The lowest BCUT2D eigenvalue weighted by Gasteiger charge is -2.21. The summed E-state index contributed by atoms with van der Waals surface area (Å²) in [5.41, 5.74) is 1.85. The summed E-state index contributed by atoms with van der Waals surface area (Å²) in [6, 6.07) is 6.62. The van der Waals surface area contributed by atoms with Gasteiger partial charge in [0.25, 0.3) is 10.0 Å². The molecule has 2 heterocycles. The summed E-state index contributed by atoms with van der Waals surface area (Å²) in [6.07, 6.45) is 9.86. The molecule has 1 unspecified atom stereocenters. The van der Waals surface area contributed by atoms with Crippen LogP contribution in [-0.4, -0.2) is 23.2 Å². The number of allylic oxidation sites excluding steroid dienone is 2. The molecule has 0 saturated heterocycles. The van der Waals surface area contributed by atoms with Gasteiger partial charge in [-0.1, -0.05) is 29.8 Å². The highest BCUT2D eigenvalue weighted by Gasteiger charge is 2.28. The summed E-state index contributed by atoms with van der Waals surface area (Å²) >= 11 is 3.34. The lowest BCUT2D eigenvalue weighted by molar-refractivity contribution is 0.601. The summed E-state index contributed by atoms with van der Waals surface area (Å²) < 4.78 is 31.1. The predicted octanol–water partition coefficient (Wildman–Crippen LogP) is 5.44. The van der Waals surface area contributed by atoms with Gasteiger partial charge < -0.3 is 0 Å². The van der Waals surface area contributed by atoms with Crippen molar-refractivity contribution in [3.05, 3.63) is 63.0 Å². The third-order valence-corrected chi connectivity index (χ3v) is 9.77. The highest BCUT2D eigenvalue weighted by atomic mass is 32.2. The number of anilines is 1. The molecule has 4 rings (SSSR count). The van der Waals surface area contributed by atoms with E-state index in [1.807, 2.05) is 20.8 Å². The molecule has 1 aromatic rings. The van der Waals surface area contributed by atoms with Gasteiger partial charge in [-0.05, 0) is 65.0 Å². The van der Waals surface area contributed by atoms with Crippen molar-refractivity contribution >= 4 is 38.9 Å². The molecule has 1 aliphatic carbocycles. The van der Waals surface area contributed by atoms with Crippen molar-refractivity contribution < 1.29 is 8.42 Å². The van der Waals surface area contributed by atoms with Gasteiger partial charge in [0.15, 0.2) is 5.82 Å². The number of nitrogens with zero attached hydrogens (tertiary/aromatic N) is 2. The molecule has 0 spiro atoms. The zero-order valence-corrected chi connectivity index (χ0v) is 20.9. The standard InChI is InChI=1S/C23H27N3O3S3/c1-15-11-13-19(14-12-15)32(28,29)25-21-20-22(31-18-9-7-5-4-6-8-10-18)30-17(3)16(2)26(20)23(27)24-21/h4-5,11-14,18H,6-10H2,1-3H3,(H,24,25,27)/b5-4-. The Hall–Kier alpha value is -2.10. The van der Waals surface area contributed by atoms with E-state index in [-0.39, 0.29) is 10.7 Å². The molecule has 170 valence electrons. The Labute approximate surface area is 197 Å². The molecule has 0 radical (unpaired) electrons. The lowest BCUT2D eigenvalue weighted by Crippen LogP contribution is -2.18. The van der Waals surface area contributed by atoms with Crippen LogP contribution in [0.3, 0.4) is 0 Å². The molecule has 0 bridgehead atoms. The van der Waals surface area contributed by atoms with Crippen LogP contribution in [-0.2, 0) is 10.0 Å². The molecule has 0 saturated carbocycles. The maximum Gasteiger partial charge on any atom is 0.354 e. The van der Waals surface area contributed by atoms with E-state index in [4.69, 9.17) is 0 Å². The van der Waals surface area contributed by atoms with E-state index in [9.17, 15) is 13.2 Å². The molecule has 0 amide bonds. The maximum atomic E-state index is 13.0. The second-order valence-electron chi connectivity index (χ2n) is 8.10. The number of imidazole rings is 1. The van der Waals surface area contributed by atoms with Gasteiger partial charge in [0.05, 0.1) is 9.10 Å². The predicted molar refractivity (Wildman–Crippen MR) is 132 cm³/mol. The molecule has 9 heteroatoms. The monoisotopic (exact) mass is 489 g/mol. The molecular weight excluding hydrogens is 462 g/mol. The van der Waals surface area contributed by atoms with Gasteiger partial charge in [-0.15, -0.1) is 23.1 Å². The van der Waals surface area contributed by atoms with Crippen LogP contribution in [0, 0.1) is 20.8 Å². The number of aryl methyl sites for hydroxylation is 2. The van der Waals surface area contributed by atoms with Crippen LogP contribution in [0.15, 0.2) is 50.3 Å². The number of hydrogen-bond donors (Lipinski definition) is 1. The molecule has 32 heavy (non-hydrogen) atoms. The van der Waals surface area contributed by atoms with Gasteiger partial charge in [-0.2, -0.15) is 4.98 Å². The van der Waals surface area contributed by atoms with Crippen molar-refractivity contribution in [2.24, 2.45) is 0 Å². The van der Waals surface area contributed by atoms with Crippen molar-refractivity contribution in [3.8, 4) is 5.69 Å². The normalized spacial score (nSPS) is 18.3. The van der Waals surface area contributed by atoms with Crippen molar-refractivity contribution in [3.63, 3.8) is 0 Å². The molecule has 1 N–H and O–H groups in total. The highest BCUT2D eigenvalue weighted by Crippen LogP contribution is 2.42. The number of fused-ring (bicyclic) bond motifs is 1. The number of thioether (sulfide) groups is 1. The van der Waals surface area contributed by atoms with Gasteiger partial charge in [0.2, 0.25) is 0 Å². The largest absolute Gasteiger partial charge is 0.354 e. The number of sulfonamides is 1. The molecule has 3 aliphatic rings. The quantitative estimate of drug-likeness (QED) is 0.483. The van der Waals surface area contributed by atoms with Crippen LogP contribution in [0.2, 0.25) is 0 Å². The summed E-state index contributed by atoms with van der Waals surface area (Å²) in [4.78, 5) is 18.1. The number of benzene rings is 1. The Morgan fingerprint density at radius 1 is 1.09 bits per heavy atom. The number of aromatic nitrogens is 2. The van der Waals surface area contributed by atoms with Crippen molar-refractivity contribution in [1.29, 1.82) is 0 Å². The summed E-state index contributed by atoms with van der Waals surface area (Å²) in [5, 5.41) is 0.411. The average Bonchev–Trinajstić information content (AvgIpc) is 3.03. The number of rotatable bonds is 5. The SMILES string of the molecule is Cc1ccc(S(=O)(=O)Nc2nc(=O)n3c(C)c(C)sc(SC4CC/C=C\CCC4)c2-3)cc1. The fourth-order valence-electron chi connectivity index (χ4n) is 3.77. The van der Waals surface area contributed by atoms with Gasteiger partial charge >= 0.3 is 5.69 Å². The molecule has 2 aliphatic heterocycles. The van der Waals surface area contributed by atoms with Gasteiger partial charge in [0.1, 0.15) is 5.69 Å². The van der Waals surface area contributed by atoms with Gasteiger partial charge in [-0.3, -0.25) is 9.29 Å². The first-order valence-corrected chi connectivity index (χ1v) is 13.9. The zero-order valence-electron chi connectivity index (χ0n) is 18.4. The Kier molecular flexibility index (Phi) is 6.78. The van der Waals surface area contributed by atoms with Crippen LogP contribution >= 0.6 is 23.1 Å². The Morgan fingerprint density at radius 2 is 1.81 bits per heavy atom. The van der Waals surface area contributed by atoms with Gasteiger partial charge in [-0.25, -0.2) is 13.2 Å². The highest BCUT2D eigenvalue weighted by molar-refractivity contribution is 8.01. The summed E-state index contributed by atoms with van der Waals surface area (Å²) in [7, 11) is -3.87. The smallest absolute Gasteiger partial charge is 0.261 e. The minimum atomic E-state index is -3.87. The van der Waals surface area contributed by atoms with E-state index in [0.717, 1.165) is 52.4 Å². The molecule has 0 aromatic heterocycles. The molecular formula is C23H27N3O3S3. The number of hydrogen-bond acceptors (Lipinski definition) is 6. The first-order valence-electron chi connectivity index (χ1n) is 10.7. The minimum absolute atomic E-state index is 0.100. The Morgan fingerprint density at radius 3 is 2.56 bits per heavy atom. The van der Waals surface area contributed by atoms with Gasteiger partial charge in [0, 0.05) is 15.8 Å². The Bertz CT molecular complexity index is 1270. The van der Waals surface area contributed by atoms with Crippen LogP contribution in [0.5, 0.6) is 0 Å². The Balaban J connectivity index is 1.75. The van der Waals surface area contributed by atoms with E-state index in [1.165, 1.54) is 0 Å². The number of nitrogens with one attached hydrogen (secondary N) is 1. The zero-order chi connectivity index (χ0) is 22.9. The second kappa shape index (κ2) is 9.41. The van der Waals surface area contributed by atoms with Crippen molar-refractivity contribution in [2.75, 3.05) is 4.72 Å². The topological polar surface area (TPSA) is 81.1 Å². The summed E-state index contributed by atoms with van der Waals surface area (Å²) in [6.45, 7) is 5.76. The van der Waals surface area contributed by atoms with E-state index >= 15 is 0 Å². The fraction of sp³-hybridized carbons (Fsp3) is 0.391. The van der Waals surface area contributed by atoms with Crippen LogP contribution in [0.25, 0.3) is 5.69 Å². The molecule has 1 aromatic carbocycles. The molecule has 0 fully saturated rings. The third-order valence-electron chi connectivity index (χ3n) is 5.69. The van der Waals surface area contributed by atoms with Crippen LogP contribution < -0.4 is 10.4 Å².